The highest BCUT2D eigenvalue weighted by Crippen LogP contribution is 2.25. The summed E-state index contributed by atoms with van der Waals surface area (Å²) in [6.45, 7) is 4.43. The van der Waals surface area contributed by atoms with Crippen LogP contribution in [0.3, 0.4) is 0 Å². The van der Waals surface area contributed by atoms with Crippen LogP contribution < -0.4 is 10.6 Å². The first-order valence-electron chi connectivity index (χ1n) is 9.84. The molecule has 10 nitrogen and oxygen atoms in total. The van der Waals surface area contributed by atoms with Crippen molar-refractivity contribution in [1.82, 2.24) is 19.2 Å². The van der Waals surface area contributed by atoms with E-state index in [1.807, 2.05) is 13.0 Å². The zero-order valence-electron chi connectivity index (χ0n) is 17.3. The Morgan fingerprint density at radius 3 is 2.58 bits per heavy atom. The van der Waals surface area contributed by atoms with Gasteiger partial charge in [0.1, 0.15) is 5.52 Å². The monoisotopic (exact) mass is 444 g/mol. The van der Waals surface area contributed by atoms with Crippen molar-refractivity contribution < 1.29 is 17.6 Å². The summed E-state index contributed by atoms with van der Waals surface area (Å²) in [5.41, 5.74) is 3.11. The first kappa shape index (κ1) is 21.2. The van der Waals surface area contributed by atoms with Crippen molar-refractivity contribution in [3.63, 3.8) is 0 Å². The first-order chi connectivity index (χ1) is 14.8. The van der Waals surface area contributed by atoms with Gasteiger partial charge in [-0.2, -0.15) is 4.31 Å². The molecule has 1 aliphatic heterocycles. The van der Waals surface area contributed by atoms with E-state index < -0.39 is 16.1 Å². The Morgan fingerprint density at radius 1 is 1.13 bits per heavy atom. The molecule has 1 aromatic carbocycles. The second-order valence-corrected chi connectivity index (χ2v) is 9.45. The molecule has 4 rings (SSSR count). The van der Waals surface area contributed by atoms with Crippen molar-refractivity contribution in [2.24, 2.45) is 0 Å². The van der Waals surface area contributed by atoms with E-state index in [1.165, 1.54) is 10.6 Å². The Hall–Kier alpha value is -3.02. The molecule has 1 saturated heterocycles. The highest BCUT2D eigenvalue weighted by atomic mass is 32.2. The lowest BCUT2D eigenvalue weighted by atomic mass is 10.3. The van der Waals surface area contributed by atoms with Crippen molar-refractivity contribution in [2.45, 2.75) is 13.5 Å². The molecule has 0 aliphatic carbocycles. The maximum Gasteiger partial charge on any atom is 0.323 e. The summed E-state index contributed by atoms with van der Waals surface area (Å²) in [6.07, 6.45) is 2.82. The number of oxazole rings is 1. The molecule has 0 saturated carbocycles. The highest BCUT2D eigenvalue weighted by Gasteiger charge is 2.24. The minimum absolute atomic E-state index is 0.403. The van der Waals surface area contributed by atoms with Gasteiger partial charge in [0.15, 0.2) is 5.58 Å². The Bertz CT molecular complexity index is 1180. The summed E-state index contributed by atoms with van der Waals surface area (Å²) in [6, 6.07) is 8.52. The van der Waals surface area contributed by atoms with Gasteiger partial charge in [-0.15, -0.1) is 0 Å². The van der Waals surface area contributed by atoms with Gasteiger partial charge in [-0.25, -0.2) is 18.2 Å². The largest absolute Gasteiger partial charge is 0.439 e. The molecule has 0 unspecified atom stereocenters. The number of hydrogen-bond donors (Lipinski definition) is 2. The number of anilines is 2. The van der Waals surface area contributed by atoms with Crippen molar-refractivity contribution in [3.8, 4) is 0 Å². The predicted molar refractivity (Wildman–Crippen MR) is 117 cm³/mol. The number of piperazine rings is 1. The van der Waals surface area contributed by atoms with Crippen molar-refractivity contribution in [2.75, 3.05) is 43.1 Å². The molecular weight excluding hydrogens is 420 g/mol. The Labute approximate surface area is 180 Å². The first-order valence-corrected chi connectivity index (χ1v) is 11.7. The van der Waals surface area contributed by atoms with E-state index in [0.29, 0.717) is 61.1 Å². The fourth-order valence-corrected chi connectivity index (χ4v) is 4.23. The van der Waals surface area contributed by atoms with Gasteiger partial charge in [0, 0.05) is 31.9 Å². The Kier molecular flexibility index (Phi) is 5.90. The van der Waals surface area contributed by atoms with Crippen LogP contribution in [0.4, 0.5) is 16.2 Å². The number of carbonyl (C=O) groups is 1. The van der Waals surface area contributed by atoms with Crippen LogP contribution in [0.1, 0.15) is 11.6 Å². The quantitative estimate of drug-likeness (QED) is 0.619. The number of aryl methyl sites for hydroxylation is 1. The van der Waals surface area contributed by atoms with Crippen LogP contribution in [0, 0.1) is 6.92 Å². The van der Waals surface area contributed by atoms with Crippen LogP contribution in [-0.4, -0.2) is 66.1 Å². The van der Waals surface area contributed by atoms with Gasteiger partial charge in [-0.3, -0.25) is 9.88 Å². The number of amides is 2. The molecule has 2 amide bonds. The molecule has 3 heterocycles. The number of fused-ring (bicyclic) bond motifs is 1. The Morgan fingerprint density at radius 2 is 1.90 bits per heavy atom. The fraction of sp³-hybridized carbons (Fsp3) is 0.350. The van der Waals surface area contributed by atoms with Crippen LogP contribution in [0.15, 0.2) is 40.9 Å². The molecular formula is C20H24N6O4S. The average Bonchev–Trinajstić information content (AvgIpc) is 3.13. The summed E-state index contributed by atoms with van der Waals surface area (Å²) in [5, 5.41) is 5.54. The van der Waals surface area contributed by atoms with Gasteiger partial charge in [-0.1, -0.05) is 6.07 Å². The molecule has 3 aromatic rings. The van der Waals surface area contributed by atoms with Crippen LogP contribution >= 0.6 is 0 Å². The van der Waals surface area contributed by atoms with E-state index in [9.17, 15) is 13.2 Å². The summed E-state index contributed by atoms with van der Waals surface area (Å²) in [4.78, 5) is 23.2. The number of hydrogen-bond acceptors (Lipinski definition) is 7. The van der Waals surface area contributed by atoms with E-state index in [1.54, 1.807) is 30.5 Å². The zero-order valence-corrected chi connectivity index (χ0v) is 18.1. The van der Waals surface area contributed by atoms with Crippen molar-refractivity contribution in [1.29, 1.82) is 0 Å². The number of para-hydroxylation sites is 1. The van der Waals surface area contributed by atoms with Gasteiger partial charge >= 0.3 is 6.03 Å². The number of nitrogens with one attached hydrogen (secondary N) is 2. The predicted octanol–water partition coefficient (Wildman–Crippen LogP) is 2.25. The van der Waals surface area contributed by atoms with Crippen molar-refractivity contribution in [3.05, 3.63) is 48.1 Å². The number of pyridine rings is 1. The second-order valence-electron chi connectivity index (χ2n) is 7.47. The maximum atomic E-state index is 12.4. The van der Waals surface area contributed by atoms with E-state index in [4.69, 9.17) is 4.42 Å². The Balaban J connectivity index is 1.42. The highest BCUT2D eigenvalue weighted by molar-refractivity contribution is 7.88. The van der Waals surface area contributed by atoms with Gasteiger partial charge in [0.05, 0.1) is 30.4 Å². The minimum atomic E-state index is -3.17. The summed E-state index contributed by atoms with van der Waals surface area (Å²) in [7, 11) is -3.17. The van der Waals surface area contributed by atoms with E-state index in [0.717, 1.165) is 5.69 Å². The van der Waals surface area contributed by atoms with Crippen molar-refractivity contribution >= 4 is 38.5 Å². The molecule has 2 N–H and O–H groups in total. The lowest BCUT2D eigenvalue weighted by Gasteiger charge is -2.32. The molecule has 11 heteroatoms. The van der Waals surface area contributed by atoms with Crippen LogP contribution in [0.2, 0.25) is 0 Å². The van der Waals surface area contributed by atoms with Gasteiger partial charge in [0.2, 0.25) is 15.9 Å². The smallest absolute Gasteiger partial charge is 0.323 e. The molecule has 2 aromatic heterocycles. The third-order valence-corrected chi connectivity index (χ3v) is 6.34. The minimum Gasteiger partial charge on any atom is -0.439 e. The van der Waals surface area contributed by atoms with Gasteiger partial charge in [0.25, 0.3) is 0 Å². The number of benzene rings is 1. The number of rotatable bonds is 5. The number of aromatic nitrogens is 2. The standard InChI is InChI=1S/C20H24N6O4S/c1-14-6-7-15(12-21-14)22-20(27)23-16-4-3-5-17-19(16)24-18(30-17)13-25-8-10-26(11-9-25)31(2,28)29/h3-7,12H,8-11,13H2,1-2H3,(H2,22,23,27). The van der Waals surface area contributed by atoms with Crippen LogP contribution in [-0.2, 0) is 16.6 Å². The maximum absolute atomic E-state index is 12.4. The number of carbonyl (C=O) groups excluding carboxylic acids is 1. The molecule has 31 heavy (non-hydrogen) atoms. The summed E-state index contributed by atoms with van der Waals surface area (Å²) < 4.78 is 30.6. The van der Waals surface area contributed by atoms with E-state index in [2.05, 4.69) is 25.5 Å². The summed E-state index contributed by atoms with van der Waals surface area (Å²) >= 11 is 0. The molecule has 164 valence electrons. The number of nitrogens with zero attached hydrogens (tertiary/aromatic N) is 4. The summed E-state index contributed by atoms with van der Waals surface area (Å²) in [5.74, 6) is 0.514. The van der Waals surface area contributed by atoms with Crippen LogP contribution in [0.25, 0.3) is 11.1 Å². The molecule has 1 fully saturated rings. The number of urea groups is 1. The molecule has 0 atom stereocenters. The van der Waals surface area contributed by atoms with Gasteiger partial charge < -0.3 is 15.1 Å². The molecule has 0 spiro atoms. The molecule has 1 aliphatic rings. The third-order valence-electron chi connectivity index (χ3n) is 5.04. The van der Waals surface area contributed by atoms with Crippen LogP contribution in [0.5, 0.6) is 0 Å². The molecule has 0 radical (unpaired) electrons. The SMILES string of the molecule is Cc1ccc(NC(=O)Nc2cccc3oc(CN4CCN(S(C)(=O)=O)CC4)nc23)cn1. The number of sulfonamides is 1. The fourth-order valence-electron chi connectivity index (χ4n) is 3.40. The topological polar surface area (TPSA) is 121 Å². The lowest BCUT2D eigenvalue weighted by molar-refractivity contribution is 0.170. The second kappa shape index (κ2) is 8.61. The third kappa shape index (κ3) is 5.19. The van der Waals surface area contributed by atoms with E-state index in [-0.39, 0.29) is 0 Å². The van der Waals surface area contributed by atoms with Gasteiger partial charge in [-0.05, 0) is 31.2 Å². The normalized spacial score (nSPS) is 15.8. The average molecular weight is 445 g/mol. The van der Waals surface area contributed by atoms with E-state index >= 15 is 0 Å². The lowest BCUT2D eigenvalue weighted by Crippen LogP contribution is -2.47. The molecule has 0 bridgehead atoms. The zero-order chi connectivity index (χ0) is 22.0.